The van der Waals surface area contributed by atoms with E-state index in [1.807, 2.05) is 19.1 Å². The van der Waals surface area contributed by atoms with Gasteiger partial charge in [-0.2, -0.15) is 0 Å². The molecule has 1 fully saturated rings. The van der Waals surface area contributed by atoms with Crippen molar-refractivity contribution in [3.05, 3.63) is 23.8 Å². The molecule has 1 aliphatic carbocycles. The zero-order chi connectivity index (χ0) is 15.7. The molecular weight excluding hydrogens is 298 g/mol. The van der Waals surface area contributed by atoms with Crippen molar-refractivity contribution in [2.75, 3.05) is 11.9 Å². The van der Waals surface area contributed by atoms with Crippen molar-refractivity contribution in [1.29, 1.82) is 0 Å². The standard InChI is InChI=1S/C16H21N3O2S/c1-9-15(20)19-13-7-10(5-6-14(13)22-9)16(21)18-12-4-2-3-11(12)8-17/h5-7,9,11-12H,2-4,8,17H2,1H3,(H,18,21)(H,19,20). The highest BCUT2D eigenvalue weighted by Gasteiger charge is 2.28. The third kappa shape index (κ3) is 2.98. The number of fused-ring (bicyclic) bond motifs is 1. The maximum Gasteiger partial charge on any atom is 0.251 e. The van der Waals surface area contributed by atoms with Gasteiger partial charge in [-0.25, -0.2) is 0 Å². The minimum absolute atomic E-state index is 0.0194. The van der Waals surface area contributed by atoms with Crippen LogP contribution in [-0.2, 0) is 4.79 Å². The number of carbonyl (C=O) groups excluding carboxylic acids is 2. The maximum absolute atomic E-state index is 12.4. The summed E-state index contributed by atoms with van der Waals surface area (Å²) >= 11 is 1.52. The molecule has 5 nitrogen and oxygen atoms in total. The highest BCUT2D eigenvalue weighted by molar-refractivity contribution is 8.00. The van der Waals surface area contributed by atoms with E-state index >= 15 is 0 Å². The summed E-state index contributed by atoms with van der Waals surface area (Å²) in [5, 5.41) is 5.84. The van der Waals surface area contributed by atoms with Crippen LogP contribution in [0.25, 0.3) is 0 Å². The van der Waals surface area contributed by atoms with E-state index in [0.717, 1.165) is 29.8 Å². The van der Waals surface area contributed by atoms with Crippen LogP contribution in [0.3, 0.4) is 0 Å². The second kappa shape index (κ2) is 6.30. The van der Waals surface area contributed by atoms with Crippen LogP contribution >= 0.6 is 11.8 Å². The highest BCUT2D eigenvalue weighted by Crippen LogP contribution is 2.36. The van der Waals surface area contributed by atoms with Crippen LogP contribution in [0, 0.1) is 5.92 Å². The predicted molar refractivity (Wildman–Crippen MR) is 88.0 cm³/mol. The number of hydrogen-bond acceptors (Lipinski definition) is 4. The second-order valence-electron chi connectivity index (χ2n) is 5.97. The van der Waals surface area contributed by atoms with Gasteiger partial charge in [0.25, 0.3) is 5.91 Å². The van der Waals surface area contributed by atoms with Crippen LogP contribution < -0.4 is 16.4 Å². The van der Waals surface area contributed by atoms with Gasteiger partial charge < -0.3 is 16.4 Å². The predicted octanol–water partition coefficient (Wildman–Crippen LogP) is 1.98. The summed E-state index contributed by atoms with van der Waals surface area (Å²) in [7, 11) is 0. The van der Waals surface area contributed by atoms with Crippen LogP contribution in [0.5, 0.6) is 0 Å². The zero-order valence-corrected chi connectivity index (χ0v) is 13.4. The Morgan fingerprint density at radius 3 is 3.05 bits per heavy atom. The van der Waals surface area contributed by atoms with Gasteiger partial charge in [0.05, 0.1) is 10.9 Å². The van der Waals surface area contributed by atoms with Crippen LogP contribution in [0.15, 0.2) is 23.1 Å². The Morgan fingerprint density at radius 1 is 1.45 bits per heavy atom. The number of anilines is 1. The summed E-state index contributed by atoms with van der Waals surface area (Å²) < 4.78 is 0. The normalized spacial score (nSPS) is 27.2. The first-order valence-corrected chi connectivity index (χ1v) is 8.59. The van der Waals surface area contributed by atoms with Crippen molar-refractivity contribution in [3.63, 3.8) is 0 Å². The summed E-state index contributed by atoms with van der Waals surface area (Å²) in [6.45, 7) is 2.48. The molecule has 22 heavy (non-hydrogen) atoms. The van der Waals surface area contributed by atoms with Crippen molar-refractivity contribution in [1.82, 2.24) is 5.32 Å². The van der Waals surface area contributed by atoms with Gasteiger partial charge >= 0.3 is 0 Å². The number of nitrogens with one attached hydrogen (secondary N) is 2. The Labute approximate surface area is 134 Å². The molecule has 0 spiro atoms. The van der Waals surface area contributed by atoms with Gasteiger partial charge in [-0.3, -0.25) is 9.59 Å². The number of benzene rings is 1. The van der Waals surface area contributed by atoms with Crippen LogP contribution in [-0.4, -0.2) is 29.7 Å². The molecule has 0 saturated heterocycles. The smallest absolute Gasteiger partial charge is 0.251 e. The van der Waals surface area contributed by atoms with Crippen molar-refractivity contribution in [2.24, 2.45) is 11.7 Å². The monoisotopic (exact) mass is 319 g/mol. The van der Waals surface area contributed by atoms with Gasteiger partial charge in [-0.05, 0) is 50.4 Å². The molecule has 0 radical (unpaired) electrons. The highest BCUT2D eigenvalue weighted by atomic mass is 32.2. The molecule has 118 valence electrons. The van der Waals surface area contributed by atoms with Crippen molar-refractivity contribution >= 4 is 29.3 Å². The molecular formula is C16H21N3O2S. The quantitative estimate of drug-likeness (QED) is 0.795. The molecule has 3 unspecified atom stereocenters. The minimum atomic E-state index is -0.101. The van der Waals surface area contributed by atoms with E-state index < -0.39 is 0 Å². The first-order valence-electron chi connectivity index (χ1n) is 7.71. The molecule has 0 bridgehead atoms. The Kier molecular flexibility index (Phi) is 4.40. The summed E-state index contributed by atoms with van der Waals surface area (Å²) in [4.78, 5) is 25.2. The number of rotatable bonds is 3. The third-order valence-corrected chi connectivity index (χ3v) is 5.63. The fraction of sp³-hybridized carbons (Fsp3) is 0.500. The zero-order valence-electron chi connectivity index (χ0n) is 12.6. The molecule has 0 aromatic heterocycles. The summed E-state index contributed by atoms with van der Waals surface area (Å²) in [6.07, 6.45) is 3.18. The Balaban J connectivity index is 1.74. The second-order valence-corrected chi connectivity index (χ2v) is 7.35. The minimum Gasteiger partial charge on any atom is -0.349 e. The molecule has 3 atom stereocenters. The van der Waals surface area contributed by atoms with E-state index in [2.05, 4.69) is 10.6 Å². The number of thioether (sulfide) groups is 1. The van der Waals surface area contributed by atoms with Crippen molar-refractivity contribution in [3.8, 4) is 0 Å². The van der Waals surface area contributed by atoms with Crippen LogP contribution in [0.2, 0.25) is 0 Å². The average Bonchev–Trinajstić information content (AvgIpc) is 2.95. The molecule has 4 N–H and O–H groups in total. The van der Waals surface area contributed by atoms with Gasteiger partial charge in [0.2, 0.25) is 5.91 Å². The van der Waals surface area contributed by atoms with Crippen LogP contribution in [0.4, 0.5) is 5.69 Å². The Morgan fingerprint density at radius 2 is 2.27 bits per heavy atom. The van der Waals surface area contributed by atoms with Gasteiger partial charge in [0, 0.05) is 16.5 Å². The molecule has 1 saturated carbocycles. The first-order chi connectivity index (χ1) is 10.6. The van der Waals surface area contributed by atoms with Crippen molar-refractivity contribution < 1.29 is 9.59 Å². The van der Waals surface area contributed by atoms with E-state index in [4.69, 9.17) is 5.73 Å². The number of amides is 2. The summed E-state index contributed by atoms with van der Waals surface area (Å²) in [5.41, 5.74) is 7.06. The topological polar surface area (TPSA) is 84.2 Å². The van der Waals surface area contributed by atoms with Gasteiger partial charge in [-0.15, -0.1) is 11.8 Å². The Bertz CT molecular complexity index is 605. The van der Waals surface area contributed by atoms with Gasteiger partial charge in [0.1, 0.15) is 0 Å². The molecule has 1 aliphatic heterocycles. The lowest BCUT2D eigenvalue weighted by atomic mass is 10.0. The van der Waals surface area contributed by atoms with Crippen molar-refractivity contribution in [2.45, 2.75) is 42.4 Å². The number of carbonyl (C=O) groups is 2. The van der Waals surface area contributed by atoms with E-state index in [1.54, 1.807) is 6.07 Å². The van der Waals surface area contributed by atoms with Gasteiger partial charge in [-0.1, -0.05) is 6.42 Å². The average molecular weight is 319 g/mol. The Hall–Kier alpha value is -1.53. The molecule has 2 amide bonds. The fourth-order valence-corrected chi connectivity index (χ4v) is 4.04. The summed E-state index contributed by atoms with van der Waals surface area (Å²) in [6, 6.07) is 5.64. The fourth-order valence-electron chi connectivity index (χ4n) is 3.11. The first kappa shape index (κ1) is 15.4. The lowest BCUT2D eigenvalue weighted by Crippen LogP contribution is -2.39. The molecule has 2 aliphatic rings. The molecule has 1 heterocycles. The maximum atomic E-state index is 12.4. The SMILES string of the molecule is CC1Sc2ccc(C(=O)NC3CCCC3CN)cc2NC1=O. The molecule has 3 rings (SSSR count). The summed E-state index contributed by atoms with van der Waals surface area (Å²) in [5.74, 6) is 0.262. The van der Waals surface area contributed by atoms with E-state index in [1.165, 1.54) is 11.8 Å². The molecule has 1 aromatic rings. The van der Waals surface area contributed by atoms with E-state index in [-0.39, 0.29) is 23.1 Å². The molecule has 1 aromatic carbocycles. The molecule has 6 heteroatoms. The third-order valence-electron chi connectivity index (χ3n) is 4.45. The van der Waals surface area contributed by atoms with E-state index in [9.17, 15) is 9.59 Å². The largest absolute Gasteiger partial charge is 0.349 e. The lowest BCUT2D eigenvalue weighted by molar-refractivity contribution is -0.115. The lowest BCUT2D eigenvalue weighted by Gasteiger charge is -2.23. The number of nitrogens with two attached hydrogens (primary N) is 1. The van der Waals surface area contributed by atoms with E-state index in [0.29, 0.717) is 18.0 Å². The number of hydrogen-bond donors (Lipinski definition) is 3. The van der Waals surface area contributed by atoms with Crippen LogP contribution in [0.1, 0.15) is 36.5 Å². The van der Waals surface area contributed by atoms with Gasteiger partial charge in [0.15, 0.2) is 0 Å².